The van der Waals surface area contributed by atoms with Crippen LogP contribution in [0.4, 0.5) is 8.78 Å². The van der Waals surface area contributed by atoms with Crippen molar-refractivity contribution in [1.82, 2.24) is 0 Å². The molecule has 1 aromatic carbocycles. The van der Waals surface area contributed by atoms with Crippen LogP contribution < -0.4 is 0 Å². The summed E-state index contributed by atoms with van der Waals surface area (Å²) >= 11 is 0. The van der Waals surface area contributed by atoms with Crippen LogP contribution in [0.3, 0.4) is 0 Å². The fraction of sp³-hybridized carbons (Fsp3) is 0. The Labute approximate surface area is 79.4 Å². The van der Waals surface area contributed by atoms with Crippen LogP contribution in [0.15, 0.2) is 23.6 Å². The Morgan fingerprint density at radius 3 is 2.00 bits per heavy atom. The van der Waals surface area contributed by atoms with Gasteiger partial charge in [0.15, 0.2) is 4.90 Å². The second-order valence-corrected chi connectivity index (χ2v) is 3.85. The molecular weight excluding hydrogens is 214 g/mol. The van der Waals surface area contributed by atoms with Crippen LogP contribution in [0.5, 0.6) is 0 Å². The normalized spacial score (nSPS) is 11.4. The van der Waals surface area contributed by atoms with Crippen molar-refractivity contribution in [3.05, 3.63) is 35.9 Å². The zero-order valence-electron chi connectivity index (χ0n) is 6.87. The summed E-state index contributed by atoms with van der Waals surface area (Å²) in [5, 5.41) is 0. The maximum absolute atomic E-state index is 13.0. The van der Waals surface area contributed by atoms with Crippen molar-refractivity contribution in [3.8, 4) is 0 Å². The summed E-state index contributed by atoms with van der Waals surface area (Å²) in [7, 11) is -4.87. The van der Waals surface area contributed by atoms with E-state index in [1.165, 1.54) is 0 Å². The predicted molar refractivity (Wildman–Crippen MR) is 46.3 cm³/mol. The van der Waals surface area contributed by atoms with Gasteiger partial charge in [-0.15, -0.1) is 0 Å². The highest BCUT2D eigenvalue weighted by Gasteiger charge is 2.21. The molecule has 0 fully saturated rings. The van der Waals surface area contributed by atoms with Crippen LogP contribution in [0.2, 0.25) is 0 Å². The minimum atomic E-state index is -4.87. The molecule has 0 atom stereocenters. The lowest BCUT2D eigenvalue weighted by molar-refractivity contribution is 0.456. The number of hydrogen-bond donors (Lipinski definition) is 1. The van der Waals surface area contributed by atoms with Crippen LogP contribution in [-0.4, -0.2) is 13.0 Å². The van der Waals surface area contributed by atoms with Crippen LogP contribution in [-0.2, 0) is 10.1 Å². The van der Waals surface area contributed by atoms with E-state index in [0.717, 1.165) is 18.2 Å². The first-order chi connectivity index (χ1) is 6.36. The molecule has 0 aromatic heterocycles. The average Bonchev–Trinajstić information content (AvgIpc) is 1.99. The van der Waals surface area contributed by atoms with Gasteiger partial charge in [-0.05, 0) is 17.7 Å². The summed E-state index contributed by atoms with van der Waals surface area (Å²) in [4.78, 5) is -1.34. The van der Waals surface area contributed by atoms with Crippen LogP contribution in [0.25, 0.3) is 6.08 Å². The van der Waals surface area contributed by atoms with Crippen molar-refractivity contribution < 1.29 is 21.8 Å². The van der Waals surface area contributed by atoms with E-state index in [1.807, 2.05) is 0 Å². The highest BCUT2D eigenvalue weighted by molar-refractivity contribution is 7.85. The van der Waals surface area contributed by atoms with E-state index in [1.54, 1.807) is 0 Å². The van der Waals surface area contributed by atoms with Gasteiger partial charge < -0.3 is 0 Å². The lowest BCUT2D eigenvalue weighted by Crippen LogP contribution is -2.05. The van der Waals surface area contributed by atoms with Gasteiger partial charge in [-0.2, -0.15) is 8.42 Å². The first-order valence-electron chi connectivity index (χ1n) is 3.45. The third kappa shape index (κ3) is 1.97. The molecule has 6 heteroatoms. The number of benzene rings is 1. The zero-order chi connectivity index (χ0) is 10.9. The molecule has 0 bridgehead atoms. The van der Waals surface area contributed by atoms with E-state index >= 15 is 0 Å². The summed E-state index contributed by atoms with van der Waals surface area (Å²) in [6.07, 6.45) is 1.15. The Morgan fingerprint density at radius 1 is 1.29 bits per heavy atom. The van der Waals surface area contributed by atoms with E-state index in [4.69, 9.17) is 4.55 Å². The quantitative estimate of drug-likeness (QED) is 0.774. The predicted octanol–water partition coefficient (Wildman–Crippen LogP) is 1.85. The lowest BCUT2D eigenvalue weighted by atomic mass is 10.2. The molecule has 1 rings (SSSR count). The van der Waals surface area contributed by atoms with Gasteiger partial charge in [0.2, 0.25) is 0 Å². The van der Waals surface area contributed by atoms with E-state index in [9.17, 15) is 17.2 Å². The summed E-state index contributed by atoms with van der Waals surface area (Å²) in [5.41, 5.74) is 0.0902. The van der Waals surface area contributed by atoms with Gasteiger partial charge >= 0.3 is 0 Å². The summed E-state index contributed by atoms with van der Waals surface area (Å²) in [6, 6.07) is 1.53. The molecule has 0 unspecified atom stereocenters. The van der Waals surface area contributed by atoms with Crippen molar-refractivity contribution in [2.45, 2.75) is 4.90 Å². The van der Waals surface area contributed by atoms with Gasteiger partial charge in [0.05, 0.1) is 0 Å². The molecule has 1 aromatic rings. The van der Waals surface area contributed by atoms with E-state index in [0.29, 0.717) is 0 Å². The molecule has 0 aliphatic heterocycles. The molecule has 0 amide bonds. The van der Waals surface area contributed by atoms with Gasteiger partial charge in [-0.3, -0.25) is 4.55 Å². The third-order valence-corrected chi connectivity index (χ3v) is 2.42. The Balaban J connectivity index is 3.56. The minimum Gasteiger partial charge on any atom is -0.282 e. The Bertz CT molecular complexity index is 456. The van der Waals surface area contributed by atoms with Crippen molar-refractivity contribution in [1.29, 1.82) is 0 Å². The van der Waals surface area contributed by atoms with Crippen LogP contribution >= 0.6 is 0 Å². The van der Waals surface area contributed by atoms with Crippen LogP contribution in [0, 0.1) is 11.6 Å². The number of rotatable bonds is 2. The summed E-state index contributed by atoms with van der Waals surface area (Å²) in [5.74, 6) is -2.69. The summed E-state index contributed by atoms with van der Waals surface area (Å²) < 4.78 is 55.5. The molecule has 0 aliphatic carbocycles. The molecule has 0 heterocycles. The van der Waals surface area contributed by atoms with E-state index in [2.05, 4.69) is 6.58 Å². The maximum Gasteiger partial charge on any atom is 0.300 e. The van der Waals surface area contributed by atoms with Crippen molar-refractivity contribution in [2.75, 3.05) is 0 Å². The highest BCUT2D eigenvalue weighted by atomic mass is 32.2. The molecule has 76 valence electrons. The van der Waals surface area contributed by atoms with E-state index < -0.39 is 26.6 Å². The largest absolute Gasteiger partial charge is 0.300 e. The fourth-order valence-corrected chi connectivity index (χ4v) is 1.55. The molecule has 0 aliphatic rings. The average molecular weight is 220 g/mol. The Hall–Kier alpha value is -1.27. The third-order valence-electron chi connectivity index (χ3n) is 1.51. The molecule has 0 radical (unpaired) electrons. The minimum absolute atomic E-state index is 0.0902. The molecule has 0 spiro atoms. The van der Waals surface area contributed by atoms with Crippen LogP contribution in [0.1, 0.15) is 5.56 Å². The SMILES string of the molecule is C=Cc1cc(F)c(S(=O)(=O)O)c(F)c1. The van der Waals surface area contributed by atoms with Crippen molar-refractivity contribution in [3.63, 3.8) is 0 Å². The Kier molecular flexibility index (Phi) is 2.68. The van der Waals surface area contributed by atoms with E-state index in [-0.39, 0.29) is 5.56 Å². The standard InChI is InChI=1S/C8H6F2O3S/c1-2-5-3-6(9)8(7(10)4-5)14(11,12)13/h2-4H,1H2,(H,11,12,13). The topological polar surface area (TPSA) is 54.4 Å². The summed E-state index contributed by atoms with van der Waals surface area (Å²) in [6.45, 7) is 3.26. The van der Waals surface area contributed by atoms with Crippen molar-refractivity contribution in [2.24, 2.45) is 0 Å². The monoisotopic (exact) mass is 220 g/mol. The first kappa shape index (κ1) is 10.8. The Morgan fingerprint density at radius 2 is 1.71 bits per heavy atom. The molecule has 0 saturated heterocycles. The van der Waals surface area contributed by atoms with Gasteiger partial charge in [0.1, 0.15) is 11.6 Å². The first-order valence-corrected chi connectivity index (χ1v) is 4.89. The van der Waals surface area contributed by atoms with Crippen molar-refractivity contribution >= 4 is 16.2 Å². The molecule has 14 heavy (non-hydrogen) atoms. The second-order valence-electron chi connectivity index (χ2n) is 2.49. The smallest absolute Gasteiger partial charge is 0.282 e. The number of halogens is 2. The molecule has 1 N–H and O–H groups in total. The fourth-order valence-electron chi connectivity index (χ4n) is 0.944. The number of hydrogen-bond acceptors (Lipinski definition) is 2. The molecular formula is C8H6F2O3S. The molecule has 3 nitrogen and oxygen atoms in total. The second kappa shape index (κ2) is 3.47. The van der Waals surface area contributed by atoms with Gasteiger partial charge in [0, 0.05) is 0 Å². The highest BCUT2D eigenvalue weighted by Crippen LogP contribution is 2.20. The van der Waals surface area contributed by atoms with Gasteiger partial charge in [0.25, 0.3) is 10.1 Å². The zero-order valence-corrected chi connectivity index (χ0v) is 7.68. The lowest BCUT2D eigenvalue weighted by Gasteiger charge is -2.02. The van der Waals surface area contributed by atoms with Gasteiger partial charge in [-0.25, -0.2) is 8.78 Å². The van der Waals surface area contributed by atoms with Gasteiger partial charge in [-0.1, -0.05) is 12.7 Å². The maximum atomic E-state index is 13.0. The molecule has 0 saturated carbocycles.